The van der Waals surface area contributed by atoms with Crippen molar-refractivity contribution in [2.75, 3.05) is 4.90 Å². The summed E-state index contributed by atoms with van der Waals surface area (Å²) in [5.41, 5.74) is 20.7. The van der Waals surface area contributed by atoms with Crippen LogP contribution in [0.1, 0.15) is 169 Å². The van der Waals surface area contributed by atoms with Gasteiger partial charge >= 0.3 is 5.97 Å². The molecule has 376 valence electrons. The fraction of sp³-hybridized carbons (Fsp3) is 0.343. The van der Waals surface area contributed by atoms with Crippen molar-refractivity contribution in [2.24, 2.45) is 0 Å². The van der Waals surface area contributed by atoms with Crippen LogP contribution in [0.15, 0.2) is 115 Å². The molecule has 11 rings (SSSR count). The molecule has 0 atom stereocenters. The van der Waals surface area contributed by atoms with Crippen LogP contribution in [0, 0.1) is 11.3 Å². The molecule has 7 heteroatoms. The lowest BCUT2D eigenvalue weighted by Gasteiger charge is -2.31. The van der Waals surface area contributed by atoms with Gasteiger partial charge in [-0.2, -0.15) is 5.26 Å². The van der Waals surface area contributed by atoms with E-state index in [1.807, 2.05) is 40.9 Å². The fourth-order valence-electron chi connectivity index (χ4n) is 12.6. The Bertz CT molecular complexity index is 3460. The maximum absolute atomic E-state index is 11.6. The number of aliphatic carboxylic acids is 1. The molecule has 1 N–H and O–H groups in total. The van der Waals surface area contributed by atoms with E-state index in [1.54, 1.807) is 0 Å². The first-order valence-electron chi connectivity index (χ1n) is 27.2. The lowest BCUT2D eigenvalue weighted by atomic mass is 9.81. The summed E-state index contributed by atoms with van der Waals surface area (Å²) in [7, 11) is 0. The van der Waals surface area contributed by atoms with E-state index in [0.29, 0.717) is 0 Å². The van der Waals surface area contributed by atoms with E-state index in [0.717, 1.165) is 33.2 Å². The number of hydrogen-bond donors (Lipinski definition) is 1. The van der Waals surface area contributed by atoms with E-state index in [1.165, 1.54) is 180 Å². The highest BCUT2D eigenvalue weighted by Gasteiger charge is 2.42. The number of aryl methyl sites for hydroxylation is 2. The second-order valence-electron chi connectivity index (χ2n) is 22.8. The minimum absolute atomic E-state index is 0.154. The lowest BCUT2D eigenvalue weighted by Crippen LogP contribution is -2.19. The van der Waals surface area contributed by atoms with Crippen molar-refractivity contribution in [1.29, 1.82) is 5.26 Å². The van der Waals surface area contributed by atoms with E-state index in [-0.39, 0.29) is 21.8 Å². The number of hydrogen-bond acceptors (Lipinski definition) is 6. The normalized spacial score (nSPS) is 15.1. The summed E-state index contributed by atoms with van der Waals surface area (Å²) in [6, 6.07) is 44.4. The zero-order valence-electron chi connectivity index (χ0n) is 44.4. The molecule has 8 aromatic rings. The Hall–Kier alpha value is -6.04. The third-order valence-corrected chi connectivity index (χ3v) is 20.5. The largest absolute Gasteiger partial charge is 0.477 e. The maximum atomic E-state index is 11.6. The molecule has 3 heterocycles. The number of carboxylic acids is 1. The van der Waals surface area contributed by atoms with Crippen LogP contribution < -0.4 is 4.90 Å². The van der Waals surface area contributed by atoms with Gasteiger partial charge in [0.05, 0.1) is 4.70 Å². The van der Waals surface area contributed by atoms with Crippen molar-refractivity contribution in [3.63, 3.8) is 0 Å². The summed E-state index contributed by atoms with van der Waals surface area (Å²) >= 11 is 5.22. The highest BCUT2D eigenvalue weighted by Crippen LogP contribution is 2.60. The fourth-order valence-corrected chi connectivity index (χ4v) is 16.6. The number of fused-ring (bicyclic) bond motifs is 11. The van der Waals surface area contributed by atoms with Crippen LogP contribution in [0.5, 0.6) is 0 Å². The van der Waals surface area contributed by atoms with Crippen LogP contribution in [0.25, 0.3) is 57.9 Å². The number of unbranched alkanes of at least 4 members (excludes halogenated alkanes) is 8. The minimum Gasteiger partial charge on any atom is -0.477 e. The van der Waals surface area contributed by atoms with Crippen molar-refractivity contribution in [1.82, 2.24) is 0 Å². The van der Waals surface area contributed by atoms with Crippen molar-refractivity contribution in [3.05, 3.63) is 164 Å². The van der Waals surface area contributed by atoms with Gasteiger partial charge in [0.15, 0.2) is 0 Å². The standard InChI is InChI=1S/C67H68N2O2S3/c1-9-11-13-15-17-19-41-21-27-48-50-29-23-44(36-55(50)65(3,4)53(48)33-41)69(45-24-30-51-49-28-22-42(20-18-16-14-12-10-2)34-54(49)66(5,6)56(51)37-45)46-25-31-52-57(38-46)67(7,8)61-62(52)74-60-39-59(73-63(60)61)58-32-26-47(72-58)35-43(40-68)64(70)71/h21-39H,9-20H2,1-8H3,(H,70,71)/b43-35-. The quantitative estimate of drug-likeness (QED) is 0.0528. The van der Waals surface area contributed by atoms with Crippen LogP contribution in [0.2, 0.25) is 0 Å². The molecule has 4 nitrogen and oxygen atoms in total. The molecule has 3 aromatic heterocycles. The molecular formula is C67H68N2O2S3. The molecule has 0 fully saturated rings. The first kappa shape index (κ1) is 50.1. The number of benzene rings is 5. The average Bonchev–Trinajstić information content (AvgIpc) is 4.24. The predicted molar refractivity (Wildman–Crippen MR) is 317 cm³/mol. The third kappa shape index (κ3) is 8.59. The maximum Gasteiger partial charge on any atom is 0.346 e. The molecule has 3 aliphatic rings. The SMILES string of the molecule is CCCCCCCc1ccc2c(c1)C(C)(C)c1cc(N(c3ccc4c(c3)C(C)(C)c3cc(CCCCCCC)ccc3-4)c3ccc4c(c3)C(C)(C)c3c-4sc4cc(-c5ccc(/C=C(/C#N)C(=O)O)s5)sc34)ccc1-2. The zero-order valence-corrected chi connectivity index (χ0v) is 46.9. The van der Waals surface area contributed by atoms with Gasteiger partial charge < -0.3 is 10.0 Å². The first-order chi connectivity index (χ1) is 35.6. The van der Waals surface area contributed by atoms with Crippen LogP contribution in [0.3, 0.4) is 0 Å². The van der Waals surface area contributed by atoms with Gasteiger partial charge in [0.25, 0.3) is 0 Å². The summed E-state index contributed by atoms with van der Waals surface area (Å²) in [4.78, 5) is 18.5. The van der Waals surface area contributed by atoms with Gasteiger partial charge in [0.2, 0.25) is 0 Å². The van der Waals surface area contributed by atoms with Crippen LogP contribution >= 0.6 is 34.0 Å². The number of anilines is 3. The highest BCUT2D eigenvalue weighted by molar-refractivity contribution is 7.32. The Morgan fingerprint density at radius 3 is 1.51 bits per heavy atom. The zero-order chi connectivity index (χ0) is 51.7. The number of nitrogens with zero attached hydrogens (tertiary/aromatic N) is 2. The van der Waals surface area contributed by atoms with Crippen LogP contribution in [-0.2, 0) is 33.9 Å². The molecule has 0 aliphatic heterocycles. The lowest BCUT2D eigenvalue weighted by molar-refractivity contribution is -0.132. The monoisotopic (exact) mass is 1030 g/mol. The van der Waals surface area contributed by atoms with E-state index in [4.69, 9.17) is 0 Å². The summed E-state index contributed by atoms with van der Waals surface area (Å²) in [5, 5.41) is 18.9. The van der Waals surface area contributed by atoms with Gasteiger partial charge in [-0.15, -0.1) is 34.0 Å². The number of nitriles is 1. The molecule has 0 spiro atoms. The van der Waals surface area contributed by atoms with Crippen LogP contribution in [0.4, 0.5) is 17.1 Å². The average molecular weight is 1030 g/mol. The highest BCUT2D eigenvalue weighted by atomic mass is 32.1. The van der Waals surface area contributed by atoms with Gasteiger partial charge in [-0.1, -0.05) is 161 Å². The molecule has 74 heavy (non-hydrogen) atoms. The molecule has 0 amide bonds. The van der Waals surface area contributed by atoms with Gasteiger partial charge in [-0.25, -0.2) is 4.79 Å². The summed E-state index contributed by atoms with van der Waals surface area (Å²) in [6.45, 7) is 19.1. The Kier molecular flexibility index (Phi) is 13.3. The molecular weight excluding hydrogens is 961 g/mol. The summed E-state index contributed by atoms with van der Waals surface area (Å²) < 4.78 is 2.59. The van der Waals surface area contributed by atoms with Crippen LogP contribution in [-0.4, -0.2) is 11.1 Å². The van der Waals surface area contributed by atoms with Crippen molar-refractivity contribution in [2.45, 2.75) is 149 Å². The number of rotatable bonds is 18. The second kappa shape index (κ2) is 19.6. The molecule has 0 saturated carbocycles. The number of carboxylic acid groups (broad SMARTS) is 1. The van der Waals surface area contributed by atoms with Gasteiger partial charge in [0.1, 0.15) is 11.6 Å². The second-order valence-corrected chi connectivity index (χ2v) is 26.0. The van der Waals surface area contributed by atoms with Gasteiger partial charge in [-0.3, -0.25) is 0 Å². The third-order valence-electron chi connectivity index (χ3n) is 16.8. The molecule has 0 saturated heterocycles. The molecule has 0 unspecified atom stereocenters. The van der Waals surface area contributed by atoms with Crippen molar-refractivity contribution >= 4 is 72.5 Å². The van der Waals surface area contributed by atoms with Crippen molar-refractivity contribution in [3.8, 4) is 48.5 Å². The molecule has 0 radical (unpaired) electrons. The van der Waals surface area contributed by atoms with Crippen molar-refractivity contribution < 1.29 is 9.90 Å². The summed E-state index contributed by atoms with van der Waals surface area (Å²) in [5.74, 6) is -1.21. The van der Waals surface area contributed by atoms with E-state index < -0.39 is 5.97 Å². The number of carbonyl (C=O) groups is 1. The topological polar surface area (TPSA) is 64.3 Å². The van der Waals surface area contributed by atoms with E-state index in [9.17, 15) is 15.2 Å². The van der Waals surface area contributed by atoms with E-state index >= 15 is 0 Å². The Morgan fingerprint density at radius 2 is 1.01 bits per heavy atom. The van der Waals surface area contributed by atoms with Gasteiger partial charge in [0, 0.05) is 57.5 Å². The summed E-state index contributed by atoms with van der Waals surface area (Å²) in [6.07, 6.45) is 16.7. The minimum atomic E-state index is -1.21. The molecule has 3 aliphatic carbocycles. The van der Waals surface area contributed by atoms with Gasteiger partial charge in [-0.05, 0) is 159 Å². The van der Waals surface area contributed by atoms with E-state index in [2.05, 4.69) is 157 Å². The molecule has 5 aromatic carbocycles. The number of thiophene rings is 3. The Balaban J connectivity index is 0.977. The smallest absolute Gasteiger partial charge is 0.346 e. The molecule has 0 bridgehead atoms. The Labute approximate surface area is 451 Å². The first-order valence-corrected chi connectivity index (χ1v) is 29.6. The Morgan fingerprint density at radius 1 is 0.541 bits per heavy atom. The predicted octanol–water partition coefficient (Wildman–Crippen LogP) is 20.1.